The van der Waals surface area contributed by atoms with Gasteiger partial charge in [-0.1, -0.05) is 13.8 Å². The van der Waals surface area contributed by atoms with Gasteiger partial charge in [0, 0.05) is 0 Å². The number of carbonyl (C=O) groups is 1. The molecule has 1 aromatic rings. The van der Waals surface area contributed by atoms with E-state index in [1.165, 1.54) is 7.11 Å². The second kappa shape index (κ2) is 5.28. The van der Waals surface area contributed by atoms with Crippen LogP contribution in [0.15, 0.2) is 9.59 Å². The monoisotopic (exact) mass is 242 g/mol. The lowest BCUT2D eigenvalue weighted by Gasteiger charge is -2.19. The third kappa shape index (κ3) is 3.16. The first-order chi connectivity index (χ1) is 7.95. The Morgan fingerprint density at radius 1 is 1.41 bits per heavy atom. The Bertz CT molecular complexity index is 504. The second-order valence-corrected chi connectivity index (χ2v) is 3.74. The number of aromatic amines is 2. The van der Waals surface area contributed by atoms with E-state index in [0.717, 1.165) is 0 Å². The number of H-pyrrole nitrogens is 2. The first kappa shape index (κ1) is 12.9. The van der Waals surface area contributed by atoms with Crippen LogP contribution in [0.2, 0.25) is 0 Å². The van der Waals surface area contributed by atoms with Crippen LogP contribution in [-0.2, 0) is 9.53 Å². The number of ether oxygens (including phenoxy) is 1. The Kier molecular flexibility index (Phi) is 4.02. The summed E-state index contributed by atoms with van der Waals surface area (Å²) in [5.74, 6) is -0.739. The molecular weight excluding hydrogens is 228 g/mol. The van der Waals surface area contributed by atoms with Crippen molar-refractivity contribution in [3.8, 4) is 0 Å². The van der Waals surface area contributed by atoms with Gasteiger partial charge in [-0.2, -0.15) is 0 Å². The average Bonchev–Trinajstić information content (AvgIpc) is 2.26. The van der Waals surface area contributed by atoms with E-state index >= 15 is 0 Å². The van der Waals surface area contributed by atoms with Crippen LogP contribution in [-0.4, -0.2) is 34.3 Å². The largest absolute Gasteiger partial charge is 0.467 e. The Hall–Kier alpha value is -2.12. The molecule has 17 heavy (non-hydrogen) atoms. The van der Waals surface area contributed by atoms with E-state index in [1.54, 1.807) is 13.8 Å². The molecule has 0 spiro atoms. The Balaban J connectivity index is 2.98. The molecule has 1 aromatic heterocycles. The molecule has 3 N–H and O–H groups in total. The average molecular weight is 242 g/mol. The lowest BCUT2D eigenvalue weighted by Crippen LogP contribution is -2.39. The van der Waals surface area contributed by atoms with Crippen LogP contribution >= 0.6 is 0 Å². The molecule has 1 rings (SSSR count). The molecule has 8 nitrogen and oxygen atoms in total. The van der Waals surface area contributed by atoms with Gasteiger partial charge in [-0.25, -0.2) is 14.7 Å². The van der Waals surface area contributed by atoms with Crippen molar-refractivity contribution in [3.05, 3.63) is 20.8 Å². The lowest BCUT2D eigenvalue weighted by atomic mass is 10.1. The molecular formula is C9H14N4O4. The van der Waals surface area contributed by atoms with Crippen molar-refractivity contribution in [1.29, 1.82) is 0 Å². The number of nitrogens with one attached hydrogen (secondary N) is 3. The summed E-state index contributed by atoms with van der Waals surface area (Å²) in [7, 11) is 1.25. The Morgan fingerprint density at radius 3 is 2.53 bits per heavy atom. The van der Waals surface area contributed by atoms with Crippen LogP contribution in [0.5, 0.6) is 0 Å². The van der Waals surface area contributed by atoms with Gasteiger partial charge in [-0.15, -0.1) is 5.10 Å². The van der Waals surface area contributed by atoms with E-state index in [2.05, 4.69) is 20.3 Å². The minimum Gasteiger partial charge on any atom is -0.467 e. The number of esters is 1. The molecule has 1 heterocycles. The van der Waals surface area contributed by atoms with Gasteiger partial charge in [0.1, 0.15) is 6.04 Å². The molecule has 1 atom stereocenters. The predicted octanol–water partition coefficient (Wildman–Crippen LogP) is -0.932. The van der Waals surface area contributed by atoms with E-state index in [4.69, 9.17) is 0 Å². The molecule has 0 fully saturated rings. The molecule has 0 aliphatic carbocycles. The second-order valence-electron chi connectivity index (χ2n) is 3.74. The topological polar surface area (TPSA) is 117 Å². The predicted molar refractivity (Wildman–Crippen MR) is 59.7 cm³/mol. The molecule has 0 amide bonds. The Morgan fingerprint density at radius 2 is 2.06 bits per heavy atom. The summed E-state index contributed by atoms with van der Waals surface area (Å²) >= 11 is 0. The number of hydrogen-bond donors (Lipinski definition) is 3. The van der Waals surface area contributed by atoms with E-state index in [-0.39, 0.29) is 11.7 Å². The quantitative estimate of drug-likeness (QED) is 0.587. The lowest BCUT2D eigenvalue weighted by molar-refractivity contribution is -0.142. The van der Waals surface area contributed by atoms with E-state index in [9.17, 15) is 14.4 Å². The first-order valence-electron chi connectivity index (χ1n) is 4.99. The van der Waals surface area contributed by atoms with Crippen molar-refractivity contribution < 1.29 is 9.53 Å². The van der Waals surface area contributed by atoms with Crippen LogP contribution < -0.4 is 16.6 Å². The molecule has 8 heteroatoms. The van der Waals surface area contributed by atoms with Gasteiger partial charge in [0.25, 0.3) is 5.56 Å². The molecule has 0 unspecified atom stereocenters. The number of anilines is 1. The van der Waals surface area contributed by atoms with Crippen molar-refractivity contribution in [2.24, 2.45) is 5.92 Å². The van der Waals surface area contributed by atoms with E-state index < -0.39 is 23.3 Å². The zero-order valence-corrected chi connectivity index (χ0v) is 9.73. The van der Waals surface area contributed by atoms with Crippen molar-refractivity contribution in [3.63, 3.8) is 0 Å². The summed E-state index contributed by atoms with van der Waals surface area (Å²) in [4.78, 5) is 35.6. The highest BCUT2D eigenvalue weighted by Crippen LogP contribution is 2.07. The standard InChI is InChI=1S/C9H14N4O4/c1-4(2)5(8(15)17-3)10-6-7(14)11-9(16)13-12-6/h4-5H,1-3H3,(H,10,12)(H2,11,13,14,16)/t5-/m0/s1. The fourth-order valence-corrected chi connectivity index (χ4v) is 1.22. The highest BCUT2D eigenvalue weighted by molar-refractivity contribution is 5.78. The summed E-state index contributed by atoms with van der Waals surface area (Å²) in [5, 5.41) is 8.21. The van der Waals surface area contributed by atoms with Gasteiger partial charge >= 0.3 is 11.7 Å². The number of rotatable bonds is 4. The normalized spacial score (nSPS) is 12.2. The minimum atomic E-state index is -0.709. The van der Waals surface area contributed by atoms with Gasteiger partial charge in [-0.3, -0.25) is 9.78 Å². The maximum absolute atomic E-state index is 11.4. The van der Waals surface area contributed by atoms with Crippen LogP contribution in [0.3, 0.4) is 0 Å². The third-order valence-electron chi connectivity index (χ3n) is 2.13. The number of carbonyl (C=O) groups excluding carboxylic acids is 1. The summed E-state index contributed by atoms with van der Waals surface area (Å²) < 4.78 is 4.60. The molecule has 0 aliphatic heterocycles. The van der Waals surface area contributed by atoms with Crippen molar-refractivity contribution in [2.75, 3.05) is 12.4 Å². The van der Waals surface area contributed by atoms with Crippen LogP contribution in [0.1, 0.15) is 13.8 Å². The summed E-state index contributed by atoms with van der Waals surface area (Å²) in [6.45, 7) is 3.57. The van der Waals surface area contributed by atoms with Crippen molar-refractivity contribution >= 4 is 11.8 Å². The molecule has 0 aliphatic rings. The van der Waals surface area contributed by atoms with E-state index in [0.29, 0.717) is 0 Å². The zero-order valence-electron chi connectivity index (χ0n) is 9.73. The smallest absolute Gasteiger partial charge is 0.342 e. The fraction of sp³-hybridized carbons (Fsp3) is 0.556. The van der Waals surface area contributed by atoms with Gasteiger partial charge in [0.05, 0.1) is 7.11 Å². The van der Waals surface area contributed by atoms with Gasteiger partial charge in [0.15, 0.2) is 0 Å². The summed E-state index contributed by atoms with van der Waals surface area (Å²) in [6, 6.07) is -0.709. The number of hydrogen-bond acceptors (Lipinski definition) is 6. The maximum atomic E-state index is 11.4. The maximum Gasteiger partial charge on any atom is 0.342 e. The summed E-state index contributed by atoms with van der Waals surface area (Å²) in [6.07, 6.45) is 0. The van der Waals surface area contributed by atoms with Crippen LogP contribution in [0, 0.1) is 5.92 Å². The molecule has 0 radical (unpaired) electrons. The van der Waals surface area contributed by atoms with Crippen LogP contribution in [0.25, 0.3) is 0 Å². The molecule has 94 valence electrons. The highest BCUT2D eigenvalue weighted by atomic mass is 16.5. The third-order valence-corrected chi connectivity index (χ3v) is 2.13. The molecule has 0 saturated carbocycles. The van der Waals surface area contributed by atoms with Crippen molar-refractivity contribution in [2.45, 2.75) is 19.9 Å². The van der Waals surface area contributed by atoms with Gasteiger partial charge in [0.2, 0.25) is 5.82 Å². The first-order valence-corrected chi connectivity index (χ1v) is 4.99. The number of aromatic nitrogens is 3. The molecule has 0 bridgehead atoms. The van der Waals surface area contributed by atoms with Gasteiger partial charge < -0.3 is 10.1 Å². The Labute approximate surface area is 96.4 Å². The van der Waals surface area contributed by atoms with Crippen LogP contribution in [0.4, 0.5) is 5.82 Å². The van der Waals surface area contributed by atoms with Gasteiger partial charge in [-0.05, 0) is 5.92 Å². The zero-order chi connectivity index (χ0) is 13.0. The number of nitrogens with zero attached hydrogens (tertiary/aromatic N) is 1. The molecule has 0 aromatic carbocycles. The van der Waals surface area contributed by atoms with Crippen molar-refractivity contribution in [1.82, 2.24) is 15.2 Å². The minimum absolute atomic E-state index is 0.101. The number of methoxy groups -OCH3 is 1. The van der Waals surface area contributed by atoms with E-state index in [1.807, 2.05) is 4.98 Å². The SMILES string of the molecule is COC(=O)[C@@H](Nc1n[nH]c(=O)[nH]c1=O)C(C)C. The molecule has 0 saturated heterocycles. The summed E-state index contributed by atoms with van der Waals surface area (Å²) in [5.41, 5.74) is -1.40. The highest BCUT2D eigenvalue weighted by Gasteiger charge is 2.24. The fourth-order valence-electron chi connectivity index (χ4n) is 1.22.